The van der Waals surface area contributed by atoms with Crippen LogP contribution in [0.25, 0.3) is 0 Å². The lowest BCUT2D eigenvalue weighted by atomic mass is 10.1. The maximum Gasteiger partial charge on any atom is 0.152 e. The molecular formula is C14H15ClN2O2. The van der Waals surface area contributed by atoms with E-state index in [1.165, 1.54) is 0 Å². The third-order valence-electron chi connectivity index (χ3n) is 2.86. The van der Waals surface area contributed by atoms with Crippen LogP contribution < -0.4 is 10.1 Å². The Morgan fingerprint density at radius 3 is 2.84 bits per heavy atom. The number of benzene rings is 1. The van der Waals surface area contributed by atoms with Gasteiger partial charge >= 0.3 is 0 Å². The highest BCUT2D eigenvalue weighted by Gasteiger charge is 2.07. The SMILES string of the molecule is COc1ccc(O)c(CNc2c(C)ccnc2Cl)c1. The predicted molar refractivity (Wildman–Crippen MR) is 76.0 cm³/mol. The highest BCUT2D eigenvalue weighted by molar-refractivity contribution is 6.32. The zero-order valence-corrected chi connectivity index (χ0v) is 11.5. The van der Waals surface area contributed by atoms with Crippen LogP contribution in [0.5, 0.6) is 11.5 Å². The Hall–Kier alpha value is -1.94. The van der Waals surface area contributed by atoms with Crippen molar-refractivity contribution in [3.63, 3.8) is 0 Å². The molecular weight excluding hydrogens is 264 g/mol. The van der Waals surface area contributed by atoms with Gasteiger partial charge in [-0.3, -0.25) is 0 Å². The van der Waals surface area contributed by atoms with Crippen LogP contribution in [-0.4, -0.2) is 17.2 Å². The third-order valence-corrected chi connectivity index (χ3v) is 3.14. The van der Waals surface area contributed by atoms with Crippen molar-refractivity contribution in [1.29, 1.82) is 0 Å². The van der Waals surface area contributed by atoms with E-state index in [-0.39, 0.29) is 5.75 Å². The van der Waals surface area contributed by atoms with Gasteiger partial charge in [0.15, 0.2) is 5.15 Å². The van der Waals surface area contributed by atoms with Crippen molar-refractivity contribution in [2.75, 3.05) is 12.4 Å². The maximum atomic E-state index is 9.80. The fraction of sp³-hybridized carbons (Fsp3) is 0.214. The first-order valence-corrected chi connectivity index (χ1v) is 6.20. The number of aromatic hydroxyl groups is 1. The number of aryl methyl sites for hydroxylation is 1. The highest BCUT2D eigenvalue weighted by Crippen LogP contribution is 2.27. The summed E-state index contributed by atoms with van der Waals surface area (Å²) in [6, 6.07) is 6.97. The minimum atomic E-state index is 0.214. The summed E-state index contributed by atoms with van der Waals surface area (Å²) in [7, 11) is 1.59. The molecule has 100 valence electrons. The Kier molecular flexibility index (Phi) is 4.12. The number of nitrogens with one attached hydrogen (secondary N) is 1. The van der Waals surface area contributed by atoms with Gasteiger partial charge in [-0.2, -0.15) is 0 Å². The minimum Gasteiger partial charge on any atom is -0.508 e. The molecule has 0 unspecified atom stereocenters. The molecule has 2 aromatic rings. The van der Waals surface area contributed by atoms with Gasteiger partial charge in [-0.1, -0.05) is 11.6 Å². The summed E-state index contributed by atoms with van der Waals surface area (Å²) in [4.78, 5) is 4.02. The zero-order valence-electron chi connectivity index (χ0n) is 10.8. The lowest BCUT2D eigenvalue weighted by Gasteiger charge is -2.12. The summed E-state index contributed by atoms with van der Waals surface area (Å²) >= 11 is 6.03. The summed E-state index contributed by atoms with van der Waals surface area (Å²) in [5.74, 6) is 0.912. The fourth-order valence-electron chi connectivity index (χ4n) is 1.75. The largest absolute Gasteiger partial charge is 0.508 e. The van der Waals surface area contributed by atoms with Crippen LogP contribution in [0.15, 0.2) is 30.5 Å². The van der Waals surface area contributed by atoms with E-state index >= 15 is 0 Å². The van der Waals surface area contributed by atoms with Crippen LogP contribution in [0.1, 0.15) is 11.1 Å². The van der Waals surface area contributed by atoms with Gasteiger partial charge in [-0.05, 0) is 36.8 Å². The molecule has 0 aliphatic heterocycles. The van der Waals surface area contributed by atoms with Crippen LogP contribution in [-0.2, 0) is 6.54 Å². The molecule has 0 atom stereocenters. The monoisotopic (exact) mass is 278 g/mol. The average molecular weight is 279 g/mol. The molecule has 0 saturated carbocycles. The minimum absolute atomic E-state index is 0.214. The van der Waals surface area contributed by atoms with Gasteiger partial charge < -0.3 is 15.2 Å². The molecule has 1 aromatic carbocycles. The molecule has 0 aliphatic carbocycles. The number of aromatic nitrogens is 1. The second-order valence-electron chi connectivity index (χ2n) is 4.14. The van der Waals surface area contributed by atoms with Crippen molar-refractivity contribution in [3.8, 4) is 11.5 Å². The Morgan fingerprint density at radius 1 is 1.37 bits per heavy atom. The normalized spacial score (nSPS) is 10.3. The molecule has 0 radical (unpaired) electrons. The van der Waals surface area contributed by atoms with Crippen LogP contribution in [0.4, 0.5) is 5.69 Å². The van der Waals surface area contributed by atoms with Gasteiger partial charge in [-0.15, -0.1) is 0 Å². The summed E-state index contributed by atoms with van der Waals surface area (Å²) < 4.78 is 5.13. The Bertz CT molecular complexity index is 567. The second kappa shape index (κ2) is 5.80. The first-order chi connectivity index (χ1) is 9.11. The topological polar surface area (TPSA) is 54.4 Å². The predicted octanol–water partition coefficient (Wildman–Crippen LogP) is 3.37. The number of phenolic OH excluding ortho intramolecular Hbond substituents is 1. The summed E-state index contributed by atoms with van der Waals surface area (Å²) in [5.41, 5.74) is 2.51. The molecule has 19 heavy (non-hydrogen) atoms. The number of ether oxygens (including phenoxy) is 1. The third kappa shape index (κ3) is 3.09. The van der Waals surface area contributed by atoms with E-state index in [0.29, 0.717) is 17.4 Å². The van der Waals surface area contributed by atoms with Crippen LogP contribution in [0.3, 0.4) is 0 Å². The number of halogens is 1. The van der Waals surface area contributed by atoms with Gasteiger partial charge in [0.1, 0.15) is 11.5 Å². The summed E-state index contributed by atoms with van der Waals surface area (Å²) in [6.07, 6.45) is 1.66. The molecule has 4 nitrogen and oxygen atoms in total. The van der Waals surface area contributed by atoms with Crippen molar-refractivity contribution in [2.45, 2.75) is 13.5 Å². The zero-order chi connectivity index (χ0) is 13.8. The van der Waals surface area contributed by atoms with Gasteiger partial charge in [0.2, 0.25) is 0 Å². The maximum absolute atomic E-state index is 9.80. The van der Waals surface area contributed by atoms with E-state index in [1.807, 2.05) is 13.0 Å². The van der Waals surface area contributed by atoms with Crippen molar-refractivity contribution in [2.24, 2.45) is 0 Å². The quantitative estimate of drug-likeness (QED) is 0.842. The standard InChI is InChI=1S/C14H15ClN2O2/c1-9-5-6-16-14(15)13(9)17-8-10-7-11(19-2)3-4-12(10)18/h3-7,17-18H,8H2,1-2H3. The summed E-state index contributed by atoms with van der Waals surface area (Å²) in [5, 5.41) is 13.4. The molecule has 2 rings (SSSR count). The number of pyridine rings is 1. The molecule has 2 N–H and O–H groups in total. The Balaban J connectivity index is 2.19. The van der Waals surface area contributed by atoms with Crippen molar-refractivity contribution < 1.29 is 9.84 Å². The lowest BCUT2D eigenvalue weighted by molar-refractivity contribution is 0.411. The molecule has 0 saturated heterocycles. The molecule has 0 fully saturated rings. The van der Waals surface area contributed by atoms with E-state index in [2.05, 4.69) is 10.3 Å². The first kappa shape index (κ1) is 13.5. The molecule has 0 amide bonds. The number of hydrogen-bond acceptors (Lipinski definition) is 4. The van der Waals surface area contributed by atoms with Crippen molar-refractivity contribution in [3.05, 3.63) is 46.7 Å². The van der Waals surface area contributed by atoms with E-state index in [0.717, 1.165) is 16.8 Å². The fourth-order valence-corrected chi connectivity index (χ4v) is 2.02. The van der Waals surface area contributed by atoms with E-state index in [9.17, 15) is 5.11 Å². The summed E-state index contributed by atoms with van der Waals surface area (Å²) in [6.45, 7) is 2.39. The Morgan fingerprint density at radius 2 is 2.16 bits per heavy atom. The first-order valence-electron chi connectivity index (χ1n) is 5.82. The van der Waals surface area contributed by atoms with E-state index < -0.39 is 0 Å². The molecule has 1 heterocycles. The van der Waals surface area contributed by atoms with Crippen LogP contribution in [0, 0.1) is 6.92 Å². The van der Waals surface area contributed by atoms with Crippen LogP contribution >= 0.6 is 11.6 Å². The average Bonchev–Trinajstić information content (AvgIpc) is 2.40. The smallest absolute Gasteiger partial charge is 0.152 e. The van der Waals surface area contributed by atoms with E-state index in [1.54, 1.807) is 31.5 Å². The second-order valence-corrected chi connectivity index (χ2v) is 4.50. The highest BCUT2D eigenvalue weighted by atomic mass is 35.5. The van der Waals surface area contributed by atoms with Gasteiger partial charge in [0.05, 0.1) is 12.8 Å². The Labute approximate surface area is 117 Å². The van der Waals surface area contributed by atoms with Crippen LogP contribution in [0.2, 0.25) is 5.15 Å². The molecule has 1 aromatic heterocycles. The van der Waals surface area contributed by atoms with Gasteiger partial charge in [0, 0.05) is 18.3 Å². The molecule has 0 spiro atoms. The number of nitrogens with zero attached hydrogens (tertiary/aromatic N) is 1. The number of hydrogen-bond donors (Lipinski definition) is 2. The number of anilines is 1. The van der Waals surface area contributed by atoms with Crippen molar-refractivity contribution in [1.82, 2.24) is 4.98 Å². The number of methoxy groups -OCH3 is 1. The van der Waals surface area contributed by atoms with Crippen molar-refractivity contribution >= 4 is 17.3 Å². The molecule has 5 heteroatoms. The lowest BCUT2D eigenvalue weighted by Crippen LogP contribution is -2.03. The molecule has 0 aliphatic rings. The number of rotatable bonds is 4. The molecule has 0 bridgehead atoms. The van der Waals surface area contributed by atoms with Gasteiger partial charge in [-0.25, -0.2) is 4.98 Å². The number of phenols is 1. The van der Waals surface area contributed by atoms with Gasteiger partial charge in [0.25, 0.3) is 0 Å². The van der Waals surface area contributed by atoms with E-state index in [4.69, 9.17) is 16.3 Å².